The first-order valence-corrected chi connectivity index (χ1v) is 9.00. The number of hydrogen-bond donors (Lipinski definition) is 0. The molecule has 1 aliphatic rings. The molecule has 1 aromatic carbocycles. The molecule has 1 fully saturated rings. The van der Waals surface area contributed by atoms with E-state index in [1.165, 1.54) is 6.07 Å². The van der Waals surface area contributed by atoms with Crippen LogP contribution in [0.2, 0.25) is 0 Å². The van der Waals surface area contributed by atoms with Gasteiger partial charge in [-0.25, -0.2) is 4.39 Å². The predicted octanol–water partition coefficient (Wildman–Crippen LogP) is 4.33. The zero-order valence-corrected chi connectivity index (χ0v) is 14.1. The van der Waals surface area contributed by atoms with Crippen LogP contribution >= 0.6 is 39.5 Å². The van der Waals surface area contributed by atoms with E-state index in [0.717, 1.165) is 11.3 Å². The maximum Gasteiger partial charge on any atom is 0.151 e. The van der Waals surface area contributed by atoms with Crippen LogP contribution in [-0.4, -0.2) is 27.3 Å². The summed E-state index contributed by atoms with van der Waals surface area (Å²) in [5.41, 5.74) is 0.738. The van der Waals surface area contributed by atoms with Gasteiger partial charge in [0.15, 0.2) is 5.78 Å². The SMILES string of the molecule is CC1SCC(C(=O)Cc2cccc(F)c2Br)SC1C. The summed E-state index contributed by atoms with van der Waals surface area (Å²) in [7, 11) is 0. The highest BCUT2D eigenvalue weighted by molar-refractivity contribution is 9.10. The first-order chi connectivity index (χ1) is 8.99. The number of ketones is 1. The molecular formula is C14H16BrFOS2. The van der Waals surface area contributed by atoms with Crippen molar-refractivity contribution in [2.45, 2.75) is 36.0 Å². The average Bonchev–Trinajstić information content (AvgIpc) is 2.38. The van der Waals surface area contributed by atoms with E-state index in [9.17, 15) is 9.18 Å². The Morgan fingerprint density at radius 3 is 2.84 bits per heavy atom. The van der Waals surface area contributed by atoms with Gasteiger partial charge in [0.05, 0.1) is 9.72 Å². The van der Waals surface area contributed by atoms with E-state index in [2.05, 4.69) is 29.8 Å². The fraction of sp³-hybridized carbons (Fsp3) is 0.500. The molecule has 3 unspecified atom stereocenters. The molecule has 0 N–H and O–H groups in total. The Kier molecular flexibility index (Phi) is 5.37. The topological polar surface area (TPSA) is 17.1 Å². The Morgan fingerprint density at radius 1 is 1.42 bits per heavy atom. The fourth-order valence-electron chi connectivity index (χ4n) is 1.94. The molecule has 0 spiro atoms. The van der Waals surface area contributed by atoms with Crippen molar-refractivity contribution < 1.29 is 9.18 Å². The second kappa shape index (κ2) is 6.64. The summed E-state index contributed by atoms with van der Waals surface area (Å²) in [6, 6.07) is 4.85. The first kappa shape index (κ1) is 15.4. The molecule has 19 heavy (non-hydrogen) atoms. The van der Waals surface area contributed by atoms with E-state index in [1.54, 1.807) is 23.9 Å². The molecular weight excluding hydrogens is 347 g/mol. The van der Waals surface area contributed by atoms with Crippen LogP contribution in [0.3, 0.4) is 0 Å². The average molecular weight is 363 g/mol. The van der Waals surface area contributed by atoms with Crippen molar-refractivity contribution in [1.29, 1.82) is 0 Å². The molecule has 0 amide bonds. The molecule has 0 radical (unpaired) electrons. The molecule has 0 saturated carbocycles. The van der Waals surface area contributed by atoms with Crippen LogP contribution in [-0.2, 0) is 11.2 Å². The van der Waals surface area contributed by atoms with E-state index in [4.69, 9.17) is 0 Å². The summed E-state index contributed by atoms with van der Waals surface area (Å²) in [6.45, 7) is 4.37. The van der Waals surface area contributed by atoms with Crippen molar-refractivity contribution in [2.75, 3.05) is 5.75 Å². The summed E-state index contributed by atoms with van der Waals surface area (Å²) in [5.74, 6) is 0.752. The van der Waals surface area contributed by atoms with Crippen molar-refractivity contribution in [3.63, 3.8) is 0 Å². The van der Waals surface area contributed by atoms with Gasteiger partial charge in [-0.05, 0) is 27.6 Å². The van der Waals surface area contributed by atoms with Gasteiger partial charge in [0.1, 0.15) is 5.82 Å². The minimum atomic E-state index is -0.307. The molecule has 0 aliphatic carbocycles. The van der Waals surface area contributed by atoms with E-state index < -0.39 is 0 Å². The molecule has 3 atom stereocenters. The predicted molar refractivity (Wildman–Crippen MR) is 85.6 cm³/mol. The number of benzene rings is 1. The Labute approximate surface area is 130 Å². The Balaban J connectivity index is 2.03. The number of Topliss-reactive ketones (excluding diaryl/α,β-unsaturated/α-hetero) is 1. The van der Waals surface area contributed by atoms with Crippen molar-refractivity contribution in [3.05, 3.63) is 34.1 Å². The monoisotopic (exact) mass is 362 g/mol. The maximum absolute atomic E-state index is 13.4. The lowest BCUT2D eigenvalue weighted by Crippen LogP contribution is -2.32. The molecule has 1 heterocycles. The number of carbonyl (C=O) groups excluding carboxylic acids is 1. The number of thioether (sulfide) groups is 2. The minimum absolute atomic E-state index is 0.0337. The van der Waals surface area contributed by atoms with Gasteiger partial charge < -0.3 is 0 Å². The first-order valence-electron chi connectivity index (χ1n) is 6.21. The van der Waals surface area contributed by atoms with Gasteiger partial charge in [-0.2, -0.15) is 11.8 Å². The molecule has 104 valence electrons. The van der Waals surface area contributed by atoms with Crippen LogP contribution in [0.4, 0.5) is 4.39 Å². The maximum atomic E-state index is 13.4. The molecule has 1 saturated heterocycles. The zero-order chi connectivity index (χ0) is 14.0. The van der Waals surface area contributed by atoms with Crippen molar-refractivity contribution in [2.24, 2.45) is 0 Å². The summed E-state index contributed by atoms with van der Waals surface area (Å²) in [4.78, 5) is 12.3. The highest BCUT2D eigenvalue weighted by Gasteiger charge is 2.30. The summed E-state index contributed by atoms with van der Waals surface area (Å²) in [5, 5.41) is 1.12. The minimum Gasteiger partial charge on any atom is -0.298 e. The quantitative estimate of drug-likeness (QED) is 0.796. The normalized spacial score (nSPS) is 27.3. The van der Waals surface area contributed by atoms with Gasteiger partial charge in [-0.3, -0.25) is 4.79 Å². The lowest BCUT2D eigenvalue weighted by molar-refractivity contribution is -0.117. The van der Waals surface area contributed by atoms with Crippen molar-refractivity contribution >= 4 is 45.2 Å². The van der Waals surface area contributed by atoms with Crippen molar-refractivity contribution in [1.82, 2.24) is 0 Å². The standard InChI is InChI=1S/C14H16BrFOS2/c1-8-9(2)19-13(7-18-8)12(17)6-10-4-3-5-11(16)14(10)15/h3-5,8-9,13H,6-7H2,1-2H3. The van der Waals surface area contributed by atoms with Crippen LogP contribution in [0.25, 0.3) is 0 Å². The van der Waals surface area contributed by atoms with Gasteiger partial charge in [0.2, 0.25) is 0 Å². The van der Waals surface area contributed by atoms with E-state index in [0.29, 0.717) is 21.4 Å². The molecule has 0 aromatic heterocycles. The summed E-state index contributed by atoms with van der Waals surface area (Å²) < 4.78 is 13.8. The van der Waals surface area contributed by atoms with Gasteiger partial charge in [0.25, 0.3) is 0 Å². The zero-order valence-electron chi connectivity index (χ0n) is 10.9. The van der Waals surface area contributed by atoms with Gasteiger partial charge in [-0.1, -0.05) is 26.0 Å². The number of hydrogen-bond acceptors (Lipinski definition) is 3. The lowest BCUT2D eigenvalue weighted by Gasteiger charge is -2.30. The molecule has 2 rings (SSSR count). The molecule has 1 nitrogen and oxygen atoms in total. The Hall–Kier alpha value is 0. The highest BCUT2D eigenvalue weighted by Crippen LogP contribution is 2.36. The molecule has 1 aliphatic heterocycles. The summed E-state index contributed by atoms with van der Waals surface area (Å²) in [6.07, 6.45) is 0.303. The van der Waals surface area contributed by atoms with Crippen LogP contribution in [0.15, 0.2) is 22.7 Å². The number of carbonyl (C=O) groups is 1. The largest absolute Gasteiger partial charge is 0.298 e. The van der Waals surface area contributed by atoms with E-state index >= 15 is 0 Å². The second-order valence-electron chi connectivity index (χ2n) is 4.72. The highest BCUT2D eigenvalue weighted by atomic mass is 79.9. The molecule has 1 aromatic rings. The third-order valence-electron chi connectivity index (χ3n) is 3.31. The number of rotatable bonds is 3. The molecule has 5 heteroatoms. The fourth-order valence-corrected chi connectivity index (χ4v) is 5.23. The van der Waals surface area contributed by atoms with E-state index in [-0.39, 0.29) is 16.9 Å². The van der Waals surface area contributed by atoms with Crippen molar-refractivity contribution in [3.8, 4) is 0 Å². The van der Waals surface area contributed by atoms with Crippen LogP contribution in [0, 0.1) is 5.82 Å². The van der Waals surface area contributed by atoms with Crippen LogP contribution < -0.4 is 0 Å². The van der Waals surface area contributed by atoms with Gasteiger partial charge >= 0.3 is 0 Å². The third kappa shape index (κ3) is 3.76. The Bertz CT molecular complexity index is 481. The smallest absolute Gasteiger partial charge is 0.151 e. The second-order valence-corrected chi connectivity index (χ2v) is 8.51. The van der Waals surface area contributed by atoms with Gasteiger partial charge in [-0.15, -0.1) is 11.8 Å². The molecule has 0 bridgehead atoms. The third-order valence-corrected chi connectivity index (χ3v) is 7.63. The summed E-state index contributed by atoms with van der Waals surface area (Å²) >= 11 is 6.82. The van der Waals surface area contributed by atoms with Gasteiger partial charge in [0, 0.05) is 22.7 Å². The van der Waals surface area contributed by atoms with Crippen LogP contribution in [0.1, 0.15) is 19.4 Å². The lowest BCUT2D eigenvalue weighted by atomic mass is 10.1. The Morgan fingerprint density at radius 2 is 2.16 bits per heavy atom. The van der Waals surface area contributed by atoms with E-state index in [1.807, 2.05) is 11.8 Å². The van der Waals surface area contributed by atoms with Crippen LogP contribution in [0.5, 0.6) is 0 Å². The number of halogens is 2.